The Morgan fingerprint density at radius 2 is 1.39 bits per heavy atom. The number of aliphatic hydroxyl groups excluding tert-OH is 1. The first kappa shape index (κ1) is 36.4. The lowest BCUT2D eigenvalue weighted by Gasteiger charge is -2.35. The summed E-state index contributed by atoms with van der Waals surface area (Å²) in [5.74, 6) is -1.80. The van der Waals surface area contributed by atoms with Crippen LogP contribution < -0.4 is 0 Å². The molecule has 6 aromatic rings. The molecule has 1 fully saturated rings. The fourth-order valence-corrected chi connectivity index (χ4v) is 7.89. The minimum absolute atomic E-state index is 0.0945. The normalized spacial score (nSPS) is 18.4. The zero-order valence-electron chi connectivity index (χ0n) is 29.4. The number of thioether (sulfide) groups is 1. The quantitative estimate of drug-likeness (QED) is 0.0614. The van der Waals surface area contributed by atoms with Gasteiger partial charge < -0.3 is 24.1 Å². The molecule has 0 radical (unpaired) electrons. The Labute approximate surface area is 313 Å². The number of fused-ring (bicyclic) bond motifs is 1. The lowest BCUT2D eigenvalue weighted by atomic mass is 9.84. The standard InChI is InChI=1S/C38H35N7O8S/c1-23(47)50-21-30-32(51-24(2)48)33(52-25(3)49)36(53-30)44-22-39-31-34(44)40-37(45-19-29(20-46)42-43-45)41-35(31)54-38(26-13-7-4-8-14-26,27-15-9-5-10-16-27)28-17-11-6-12-18-28/h4-19,22,30,32-33,36,46H,20-21H2,1-3H3/t30-,32-,33-,36-/m1/s1. The summed E-state index contributed by atoms with van der Waals surface area (Å²) in [4.78, 5) is 51.2. The molecular formula is C38H35N7O8S. The van der Waals surface area contributed by atoms with Crippen molar-refractivity contribution in [3.8, 4) is 5.95 Å². The van der Waals surface area contributed by atoms with E-state index in [0.29, 0.717) is 16.2 Å². The van der Waals surface area contributed by atoms with Gasteiger partial charge in [0, 0.05) is 20.8 Å². The van der Waals surface area contributed by atoms with Crippen LogP contribution in [-0.4, -0.2) is 82.4 Å². The first-order valence-corrected chi connectivity index (χ1v) is 17.8. The fraction of sp³-hybridized carbons (Fsp3) is 0.263. The van der Waals surface area contributed by atoms with Gasteiger partial charge in [0.1, 0.15) is 28.9 Å². The summed E-state index contributed by atoms with van der Waals surface area (Å²) < 4.78 is 25.0. The number of benzene rings is 3. The lowest BCUT2D eigenvalue weighted by molar-refractivity contribution is -0.166. The van der Waals surface area contributed by atoms with Crippen LogP contribution in [0.25, 0.3) is 17.1 Å². The van der Waals surface area contributed by atoms with E-state index in [-0.39, 0.29) is 24.8 Å². The van der Waals surface area contributed by atoms with Gasteiger partial charge in [0.05, 0.1) is 23.9 Å². The van der Waals surface area contributed by atoms with Crippen LogP contribution in [0.3, 0.4) is 0 Å². The van der Waals surface area contributed by atoms with Crippen LogP contribution in [0.5, 0.6) is 0 Å². The van der Waals surface area contributed by atoms with Crippen LogP contribution in [-0.2, 0) is 44.7 Å². The fourth-order valence-electron chi connectivity index (χ4n) is 6.47. The largest absolute Gasteiger partial charge is 0.463 e. The molecule has 1 saturated heterocycles. The minimum atomic E-state index is -1.19. The highest BCUT2D eigenvalue weighted by atomic mass is 32.2. The van der Waals surface area contributed by atoms with Crippen molar-refractivity contribution < 1.29 is 38.4 Å². The molecule has 16 heteroatoms. The SMILES string of the molecule is CC(=O)OC[C@H]1O[C@@H](n2cnc3c(SC(c4ccccc4)(c4ccccc4)c4ccccc4)nc(-n4cc(CO)nn4)nc32)[C@H](OC(C)=O)[C@@H]1OC(C)=O. The third-order valence-corrected chi connectivity index (χ3v) is 10.2. The summed E-state index contributed by atoms with van der Waals surface area (Å²) in [6.07, 6.45) is -1.51. The monoisotopic (exact) mass is 749 g/mol. The smallest absolute Gasteiger partial charge is 0.303 e. The first-order valence-electron chi connectivity index (χ1n) is 16.9. The Kier molecular flexibility index (Phi) is 10.5. The second kappa shape index (κ2) is 15.6. The third-order valence-electron chi connectivity index (χ3n) is 8.69. The van der Waals surface area contributed by atoms with Crippen molar-refractivity contribution in [1.82, 2.24) is 34.5 Å². The molecule has 4 atom stereocenters. The van der Waals surface area contributed by atoms with Crippen molar-refractivity contribution in [3.63, 3.8) is 0 Å². The Morgan fingerprint density at radius 1 is 0.815 bits per heavy atom. The highest BCUT2D eigenvalue weighted by molar-refractivity contribution is 8.00. The van der Waals surface area contributed by atoms with E-state index in [1.807, 2.05) is 54.6 Å². The van der Waals surface area contributed by atoms with E-state index in [2.05, 4.69) is 46.7 Å². The number of esters is 3. The van der Waals surface area contributed by atoms with Crippen molar-refractivity contribution >= 4 is 40.8 Å². The number of imidazole rings is 1. The van der Waals surface area contributed by atoms with Crippen molar-refractivity contribution in [1.29, 1.82) is 0 Å². The minimum Gasteiger partial charge on any atom is -0.463 e. The van der Waals surface area contributed by atoms with Gasteiger partial charge >= 0.3 is 17.9 Å². The van der Waals surface area contributed by atoms with Crippen LogP contribution in [0.1, 0.15) is 49.4 Å². The number of aromatic nitrogens is 7. The molecule has 7 rings (SSSR count). The third kappa shape index (κ3) is 7.18. The average Bonchev–Trinajstić information content (AvgIpc) is 3.91. The zero-order valence-corrected chi connectivity index (χ0v) is 30.2. The van der Waals surface area contributed by atoms with Crippen molar-refractivity contribution in [2.24, 2.45) is 0 Å². The van der Waals surface area contributed by atoms with Crippen LogP contribution in [0.4, 0.5) is 0 Å². The van der Waals surface area contributed by atoms with Crippen molar-refractivity contribution in [3.05, 3.63) is 126 Å². The molecule has 0 spiro atoms. The number of hydrogen-bond acceptors (Lipinski definition) is 14. The summed E-state index contributed by atoms with van der Waals surface area (Å²) >= 11 is 1.44. The van der Waals surface area contributed by atoms with E-state index in [9.17, 15) is 19.5 Å². The molecule has 276 valence electrons. The summed E-state index contributed by atoms with van der Waals surface area (Å²) in [5.41, 5.74) is 3.82. The molecule has 0 unspecified atom stereocenters. The van der Waals surface area contributed by atoms with E-state index in [0.717, 1.165) is 16.7 Å². The van der Waals surface area contributed by atoms with Crippen LogP contribution in [0, 0.1) is 0 Å². The van der Waals surface area contributed by atoms with Gasteiger partial charge in [-0.05, 0) is 16.7 Å². The molecule has 15 nitrogen and oxygen atoms in total. The van der Waals surface area contributed by atoms with Gasteiger partial charge in [-0.15, -0.1) is 5.10 Å². The summed E-state index contributed by atoms with van der Waals surface area (Å²) in [6.45, 7) is 3.04. The van der Waals surface area contributed by atoms with Gasteiger partial charge in [-0.3, -0.25) is 19.0 Å². The molecule has 1 aliphatic rings. The molecule has 54 heavy (non-hydrogen) atoms. The lowest BCUT2D eigenvalue weighted by Crippen LogP contribution is -2.40. The Balaban J connectivity index is 1.45. The van der Waals surface area contributed by atoms with Gasteiger partial charge in [0.2, 0.25) is 0 Å². The number of hydrogen-bond donors (Lipinski definition) is 1. The molecule has 3 aromatic heterocycles. The molecule has 1 N–H and O–H groups in total. The van der Waals surface area contributed by atoms with Gasteiger partial charge in [-0.1, -0.05) is 108 Å². The number of carbonyl (C=O) groups excluding carboxylic acids is 3. The highest BCUT2D eigenvalue weighted by Gasteiger charge is 2.51. The molecule has 0 amide bonds. The second-order valence-electron chi connectivity index (χ2n) is 12.4. The zero-order chi connectivity index (χ0) is 37.8. The first-order chi connectivity index (χ1) is 26.2. The molecule has 1 aliphatic heterocycles. The Hall–Kier alpha value is -5.97. The second-order valence-corrected chi connectivity index (χ2v) is 13.6. The molecule has 4 heterocycles. The van der Waals surface area contributed by atoms with Gasteiger partial charge in [0.15, 0.2) is 24.1 Å². The highest BCUT2D eigenvalue weighted by Crippen LogP contribution is 2.52. The molecule has 0 saturated carbocycles. The number of ether oxygens (including phenoxy) is 4. The van der Waals surface area contributed by atoms with E-state index in [1.165, 1.54) is 49.7 Å². The number of nitrogens with zero attached hydrogens (tertiary/aromatic N) is 7. The maximum absolute atomic E-state index is 12.5. The molecular weight excluding hydrogens is 715 g/mol. The van der Waals surface area contributed by atoms with E-state index >= 15 is 0 Å². The number of aliphatic hydroxyl groups is 1. The van der Waals surface area contributed by atoms with Crippen LogP contribution in [0.2, 0.25) is 0 Å². The predicted octanol–water partition coefficient (Wildman–Crippen LogP) is 4.31. The summed E-state index contributed by atoms with van der Waals surface area (Å²) in [6, 6.07) is 30.1. The maximum Gasteiger partial charge on any atom is 0.303 e. The van der Waals surface area contributed by atoms with E-state index < -0.39 is 47.2 Å². The van der Waals surface area contributed by atoms with Crippen LogP contribution >= 0.6 is 11.8 Å². The predicted molar refractivity (Wildman–Crippen MR) is 193 cm³/mol. The van der Waals surface area contributed by atoms with Gasteiger partial charge in [-0.2, -0.15) is 9.67 Å². The van der Waals surface area contributed by atoms with Gasteiger partial charge in [0.25, 0.3) is 5.95 Å². The Bertz CT molecular complexity index is 2170. The topological polar surface area (TPSA) is 183 Å². The maximum atomic E-state index is 12.5. The molecule has 0 aliphatic carbocycles. The summed E-state index contributed by atoms with van der Waals surface area (Å²) in [7, 11) is 0. The van der Waals surface area contributed by atoms with Crippen molar-refractivity contribution in [2.75, 3.05) is 6.61 Å². The average molecular weight is 750 g/mol. The van der Waals surface area contributed by atoms with Crippen molar-refractivity contribution in [2.45, 2.75) is 61.7 Å². The molecule has 3 aromatic carbocycles. The number of carbonyl (C=O) groups is 3. The van der Waals surface area contributed by atoms with E-state index in [4.69, 9.17) is 33.9 Å². The van der Waals surface area contributed by atoms with E-state index in [1.54, 1.807) is 4.57 Å². The Morgan fingerprint density at radius 3 is 1.91 bits per heavy atom. The van der Waals surface area contributed by atoms with Crippen LogP contribution in [0.15, 0.2) is 109 Å². The molecule has 0 bridgehead atoms. The number of rotatable bonds is 12. The van der Waals surface area contributed by atoms with Gasteiger partial charge in [-0.25, -0.2) is 9.97 Å². The summed E-state index contributed by atoms with van der Waals surface area (Å²) in [5, 5.41) is 18.5.